The van der Waals surface area contributed by atoms with Gasteiger partial charge in [-0.2, -0.15) is 0 Å². The molecular weight excluding hydrogens is 258 g/mol. The van der Waals surface area contributed by atoms with Crippen molar-refractivity contribution in [2.24, 2.45) is 0 Å². The molecule has 20 heavy (non-hydrogen) atoms. The van der Waals surface area contributed by atoms with Crippen LogP contribution in [-0.2, 0) is 4.79 Å². The predicted octanol–water partition coefficient (Wildman–Crippen LogP) is 3.22. The van der Waals surface area contributed by atoms with E-state index in [4.69, 9.17) is 0 Å². The van der Waals surface area contributed by atoms with Crippen LogP contribution in [0.3, 0.4) is 0 Å². The van der Waals surface area contributed by atoms with E-state index in [1.54, 1.807) is 30.3 Å². The van der Waals surface area contributed by atoms with Crippen molar-refractivity contribution >= 4 is 23.3 Å². The lowest BCUT2D eigenvalue weighted by Gasteiger charge is -2.04. The highest BCUT2D eigenvalue weighted by atomic mass is 16.6. The summed E-state index contributed by atoms with van der Waals surface area (Å²) in [5.41, 5.74) is 0.428. The molecule has 0 aliphatic carbocycles. The number of nitro benzene ring substituents is 1. The minimum Gasteiger partial charge on any atom is -0.478 e. The van der Waals surface area contributed by atoms with Crippen LogP contribution in [0.1, 0.15) is 11.1 Å². The van der Waals surface area contributed by atoms with Gasteiger partial charge in [0.1, 0.15) is 0 Å². The summed E-state index contributed by atoms with van der Waals surface area (Å²) in [6.07, 6.45) is 1.42. The van der Waals surface area contributed by atoms with Gasteiger partial charge < -0.3 is 5.11 Å². The van der Waals surface area contributed by atoms with Gasteiger partial charge in [-0.1, -0.05) is 42.5 Å². The van der Waals surface area contributed by atoms with Crippen molar-refractivity contribution < 1.29 is 14.8 Å². The Balaban J connectivity index is 2.59. The third kappa shape index (κ3) is 2.89. The maximum Gasteiger partial charge on any atom is 0.336 e. The van der Waals surface area contributed by atoms with Crippen LogP contribution in [0, 0.1) is 10.1 Å². The van der Waals surface area contributed by atoms with Crippen LogP contribution in [0.4, 0.5) is 5.69 Å². The Morgan fingerprint density at radius 2 is 1.65 bits per heavy atom. The van der Waals surface area contributed by atoms with E-state index >= 15 is 0 Å². The van der Waals surface area contributed by atoms with Crippen molar-refractivity contribution in [2.45, 2.75) is 0 Å². The van der Waals surface area contributed by atoms with Gasteiger partial charge in [0.2, 0.25) is 0 Å². The minimum absolute atomic E-state index is 0.0915. The number of carboxylic acids is 1. The number of carbonyl (C=O) groups is 1. The summed E-state index contributed by atoms with van der Waals surface area (Å²) in [7, 11) is 0. The van der Waals surface area contributed by atoms with E-state index in [-0.39, 0.29) is 16.8 Å². The quantitative estimate of drug-likeness (QED) is 0.400. The van der Waals surface area contributed by atoms with Crippen molar-refractivity contribution in [1.82, 2.24) is 0 Å². The fourth-order valence-electron chi connectivity index (χ4n) is 1.83. The van der Waals surface area contributed by atoms with Gasteiger partial charge in [0.05, 0.1) is 16.1 Å². The first-order valence-corrected chi connectivity index (χ1v) is 5.83. The molecule has 0 radical (unpaired) electrons. The molecule has 0 saturated heterocycles. The lowest BCUT2D eigenvalue weighted by atomic mass is 10.0. The first-order chi connectivity index (χ1) is 9.59. The van der Waals surface area contributed by atoms with Gasteiger partial charge in [0.15, 0.2) is 0 Å². The summed E-state index contributed by atoms with van der Waals surface area (Å²) in [6.45, 7) is 0. The molecule has 0 aliphatic rings. The van der Waals surface area contributed by atoms with Gasteiger partial charge in [-0.25, -0.2) is 4.79 Å². The normalized spacial score (nSPS) is 11.1. The fraction of sp³-hybridized carbons (Fsp3) is 0. The number of nitrogens with zero attached hydrogens (tertiary/aromatic N) is 1. The number of nitro groups is 1. The molecule has 0 fully saturated rings. The fourth-order valence-corrected chi connectivity index (χ4v) is 1.83. The van der Waals surface area contributed by atoms with Crippen LogP contribution in [0.25, 0.3) is 11.6 Å². The number of hydrogen-bond acceptors (Lipinski definition) is 3. The smallest absolute Gasteiger partial charge is 0.336 e. The Hall–Kier alpha value is -2.95. The highest BCUT2D eigenvalue weighted by Crippen LogP contribution is 2.27. The van der Waals surface area contributed by atoms with Crippen molar-refractivity contribution in [3.8, 4) is 0 Å². The van der Waals surface area contributed by atoms with E-state index in [1.807, 2.05) is 6.07 Å². The van der Waals surface area contributed by atoms with E-state index in [1.165, 1.54) is 24.3 Å². The highest BCUT2D eigenvalue weighted by Gasteiger charge is 2.20. The summed E-state index contributed by atoms with van der Waals surface area (Å²) in [5, 5.41) is 20.3. The van der Waals surface area contributed by atoms with Crippen LogP contribution in [0.2, 0.25) is 0 Å². The number of rotatable bonds is 4. The third-order valence-electron chi connectivity index (χ3n) is 2.73. The monoisotopic (exact) mass is 269 g/mol. The first kappa shape index (κ1) is 13.5. The Bertz CT molecular complexity index is 677. The van der Waals surface area contributed by atoms with Gasteiger partial charge in [0, 0.05) is 6.07 Å². The Morgan fingerprint density at radius 1 is 1.05 bits per heavy atom. The Morgan fingerprint density at radius 3 is 2.25 bits per heavy atom. The zero-order valence-corrected chi connectivity index (χ0v) is 10.4. The van der Waals surface area contributed by atoms with Gasteiger partial charge >= 0.3 is 5.97 Å². The molecule has 0 saturated carbocycles. The van der Waals surface area contributed by atoms with E-state index in [0.717, 1.165) is 0 Å². The molecule has 5 heteroatoms. The molecule has 0 aromatic heterocycles. The summed E-state index contributed by atoms with van der Waals surface area (Å²) in [5.74, 6) is -1.21. The zero-order valence-electron chi connectivity index (χ0n) is 10.4. The average Bonchev–Trinajstić information content (AvgIpc) is 2.45. The second kappa shape index (κ2) is 5.79. The van der Waals surface area contributed by atoms with Crippen LogP contribution >= 0.6 is 0 Å². The van der Waals surface area contributed by atoms with Crippen LogP contribution in [0.5, 0.6) is 0 Å². The second-order valence-electron chi connectivity index (χ2n) is 4.05. The largest absolute Gasteiger partial charge is 0.478 e. The lowest BCUT2D eigenvalue weighted by molar-refractivity contribution is -0.385. The number of aliphatic carboxylic acids is 1. The topological polar surface area (TPSA) is 80.4 Å². The average molecular weight is 269 g/mol. The minimum atomic E-state index is -1.21. The van der Waals surface area contributed by atoms with E-state index in [2.05, 4.69) is 0 Å². The molecule has 2 rings (SSSR count). The molecule has 100 valence electrons. The Kier molecular flexibility index (Phi) is 3.91. The molecule has 1 N–H and O–H groups in total. The zero-order chi connectivity index (χ0) is 14.5. The van der Waals surface area contributed by atoms with Crippen molar-refractivity contribution in [3.63, 3.8) is 0 Å². The molecule has 0 atom stereocenters. The molecule has 2 aromatic rings. The lowest BCUT2D eigenvalue weighted by Crippen LogP contribution is -2.03. The molecule has 0 aliphatic heterocycles. The van der Waals surface area contributed by atoms with Crippen LogP contribution in [0.15, 0.2) is 54.6 Å². The number of hydrogen-bond donors (Lipinski definition) is 1. The third-order valence-corrected chi connectivity index (χ3v) is 2.73. The molecule has 0 heterocycles. The Labute approximate surface area is 115 Å². The van der Waals surface area contributed by atoms with E-state index in [9.17, 15) is 20.0 Å². The molecule has 0 spiro atoms. The highest BCUT2D eigenvalue weighted by molar-refractivity contribution is 6.21. The summed E-state index contributed by atoms with van der Waals surface area (Å²) < 4.78 is 0. The molecule has 5 nitrogen and oxygen atoms in total. The molecule has 0 unspecified atom stereocenters. The molecule has 0 bridgehead atoms. The summed E-state index contributed by atoms with van der Waals surface area (Å²) in [4.78, 5) is 21.8. The maximum atomic E-state index is 11.4. The summed E-state index contributed by atoms with van der Waals surface area (Å²) in [6, 6.07) is 14.6. The number of para-hydroxylation sites is 1. The maximum absolute atomic E-state index is 11.4. The SMILES string of the molecule is O=C(O)/C(=C\c1ccccc1)c1ccccc1[N+](=O)[O-]. The van der Waals surface area contributed by atoms with E-state index < -0.39 is 10.9 Å². The van der Waals surface area contributed by atoms with Gasteiger partial charge in [-0.15, -0.1) is 0 Å². The second-order valence-corrected chi connectivity index (χ2v) is 4.05. The molecule has 0 amide bonds. The predicted molar refractivity (Wildman–Crippen MR) is 75.0 cm³/mol. The number of carboxylic acid groups (broad SMARTS) is 1. The van der Waals surface area contributed by atoms with Crippen LogP contribution < -0.4 is 0 Å². The van der Waals surface area contributed by atoms with E-state index in [0.29, 0.717) is 5.56 Å². The van der Waals surface area contributed by atoms with Crippen molar-refractivity contribution in [2.75, 3.05) is 0 Å². The van der Waals surface area contributed by atoms with Gasteiger partial charge in [0.25, 0.3) is 5.69 Å². The standard InChI is InChI=1S/C15H11NO4/c17-15(18)13(10-11-6-2-1-3-7-11)12-8-4-5-9-14(12)16(19)20/h1-10H,(H,17,18)/b13-10-. The first-order valence-electron chi connectivity index (χ1n) is 5.83. The molecular formula is C15H11NO4. The van der Waals surface area contributed by atoms with Crippen molar-refractivity contribution in [1.29, 1.82) is 0 Å². The van der Waals surface area contributed by atoms with Gasteiger partial charge in [-0.3, -0.25) is 10.1 Å². The summed E-state index contributed by atoms with van der Waals surface area (Å²) >= 11 is 0. The number of benzene rings is 2. The van der Waals surface area contributed by atoms with Crippen molar-refractivity contribution in [3.05, 3.63) is 75.8 Å². The van der Waals surface area contributed by atoms with Crippen LogP contribution in [-0.4, -0.2) is 16.0 Å². The van der Waals surface area contributed by atoms with Gasteiger partial charge in [-0.05, 0) is 17.7 Å². The molecule has 2 aromatic carbocycles.